The maximum atomic E-state index is 12.6. The average Bonchev–Trinajstić information content (AvgIpc) is 2.88. The van der Waals surface area contributed by atoms with Crippen molar-refractivity contribution in [2.45, 2.75) is 25.3 Å². The van der Waals surface area contributed by atoms with Crippen LogP contribution in [0, 0.1) is 13.8 Å². The molecule has 0 unspecified atom stereocenters. The van der Waals surface area contributed by atoms with E-state index in [4.69, 9.17) is 5.11 Å². The number of aliphatic hydroxyl groups is 1. The number of hydrogen-bond acceptors (Lipinski definition) is 4. The van der Waals surface area contributed by atoms with E-state index in [9.17, 15) is 8.42 Å². The first-order valence-electron chi connectivity index (χ1n) is 6.56. The van der Waals surface area contributed by atoms with E-state index in [1.165, 1.54) is 28.4 Å². The van der Waals surface area contributed by atoms with Gasteiger partial charge in [0.05, 0.1) is 25.0 Å². The van der Waals surface area contributed by atoms with Crippen molar-refractivity contribution in [3.05, 3.63) is 41.7 Å². The molecule has 0 bridgehead atoms. The maximum absolute atomic E-state index is 12.6. The van der Waals surface area contributed by atoms with Crippen LogP contribution in [0.3, 0.4) is 0 Å². The second kappa shape index (κ2) is 5.87. The number of sulfonamides is 1. The number of aromatic nitrogens is 2. The minimum absolute atomic E-state index is 0.0892. The van der Waals surface area contributed by atoms with Gasteiger partial charge in [0.25, 0.3) is 10.0 Å². The first kappa shape index (κ1) is 15.5. The number of aliphatic hydroxyl groups excluding tert-OH is 1. The van der Waals surface area contributed by atoms with Crippen LogP contribution in [0.4, 0.5) is 5.69 Å². The Morgan fingerprint density at radius 2 is 2.05 bits per heavy atom. The molecule has 0 saturated heterocycles. The predicted molar refractivity (Wildman–Crippen MR) is 80.8 cm³/mol. The summed E-state index contributed by atoms with van der Waals surface area (Å²) in [6.07, 6.45) is 2.72. The van der Waals surface area contributed by atoms with E-state index >= 15 is 0 Å². The van der Waals surface area contributed by atoms with E-state index in [0.717, 1.165) is 11.1 Å². The summed E-state index contributed by atoms with van der Waals surface area (Å²) in [5, 5.41) is 12.8. The fourth-order valence-electron chi connectivity index (χ4n) is 2.15. The molecule has 1 N–H and O–H groups in total. The molecule has 0 aliphatic heterocycles. The minimum atomic E-state index is -3.66. The fourth-order valence-corrected chi connectivity index (χ4v) is 3.36. The summed E-state index contributed by atoms with van der Waals surface area (Å²) in [5.74, 6) is 0. The Balaban J connectivity index is 2.37. The summed E-state index contributed by atoms with van der Waals surface area (Å²) in [7, 11) is -2.13. The van der Waals surface area contributed by atoms with Crippen LogP contribution in [-0.4, -0.2) is 37.0 Å². The summed E-state index contributed by atoms with van der Waals surface area (Å²) >= 11 is 0. The van der Waals surface area contributed by atoms with Gasteiger partial charge in [0, 0.05) is 13.2 Å². The third kappa shape index (κ3) is 3.08. The highest BCUT2D eigenvalue weighted by atomic mass is 32.2. The Bertz CT molecular complexity index is 738. The largest absolute Gasteiger partial charge is 0.394 e. The standard InChI is InChI=1S/C14H19N3O3S/c1-11-4-5-14(12(2)8-11)16(3)21(19,20)13-9-15-17(10-13)6-7-18/h4-5,8-10,18H,6-7H2,1-3H3. The third-order valence-electron chi connectivity index (χ3n) is 3.29. The van der Waals surface area contributed by atoms with Gasteiger partial charge in [0.1, 0.15) is 4.90 Å². The van der Waals surface area contributed by atoms with E-state index in [1.807, 2.05) is 26.0 Å². The molecule has 1 aromatic carbocycles. The average molecular weight is 309 g/mol. The van der Waals surface area contributed by atoms with Crippen LogP contribution >= 0.6 is 0 Å². The van der Waals surface area contributed by atoms with Crippen molar-refractivity contribution in [1.82, 2.24) is 9.78 Å². The van der Waals surface area contributed by atoms with E-state index < -0.39 is 10.0 Å². The molecule has 2 aromatic rings. The van der Waals surface area contributed by atoms with E-state index in [0.29, 0.717) is 5.69 Å². The van der Waals surface area contributed by atoms with Crippen molar-refractivity contribution in [1.29, 1.82) is 0 Å². The minimum Gasteiger partial charge on any atom is -0.394 e. The number of aryl methyl sites for hydroxylation is 2. The summed E-state index contributed by atoms with van der Waals surface area (Å²) in [4.78, 5) is 0.110. The third-order valence-corrected chi connectivity index (χ3v) is 5.01. The molecule has 1 aromatic heterocycles. The zero-order valence-electron chi connectivity index (χ0n) is 12.3. The Kier molecular flexibility index (Phi) is 4.34. The zero-order chi connectivity index (χ0) is 15.6. The first-order chi connectivity index (χ1) is 9.86. The highest BCUT2D eigenvalue weighted by Crippen LogP contribution is 2.25. The molecular formula is C14H19N3O3S. The molecule has 2 rings (SSSR count). The zero-order valence-corrected chi connectivity index (χ0v) is 13.1. The molecule has 114 valence electrons. The number of benzene rings is 1. The van der Waals surface area contributed by atoms with Crippen LogP contribution in [0.2, 0.25) is 0 Å². The second-order valence-corrected chi connectivity index (χ2v) is 6.89. The van der Waals surface area contributed by atoms with Crippen molar-refractivity contribution in [3.63, 3.8) is 0 Å². The first-order valence-corrected chi connectivity index (χ1v) is 8.00. The lowest BCUT2D eigenvalue weighted by Gasteiger charge is -2.20. The van der Waals surface area contributed by atoms with Crippen LogP contribution in [0.25, 0.3) is 0 Å². The van der Waals surface area contributed by atoms with Gasteiger partial charge in [0.2, 0.25) is 0 Å². The van der Waals surface area contributed by atoms with Crippen molar-refractivity contribution < 1.29 is 13.5 Å². The van der Waals surface area contributed by atoms with Crippen molar-refractivity contribution in [2.24, 2.45) is 0 Å². The molecule has 6 nitrogen and oxygen atoms in total. The molecule has 0 spiro atoms. The lowest BCUT2D eigenvalue weighted by molar-refractivity contribution is 0.269. The summed E-state index contributed by atoms with van der Waals surface area (Å²) < 4.78 is 27.9. The van der Waals surface area contributed by atoms with E-state index in [1.54, 1.807) is 6.07 Å². The number of hydrogen-bond donors (Lipinski definition) is 1. The van der Waals surface area contributed by atoms with Crippen molar-refractivity contribution in [2.75, 3.05) is 18.0 Å². The van der Waals surface area contributed by atoms with E-state index in [-0.39, 0.29) is 18.0 Å². The molecule has 21 heavy (non-hydrogen) atoms. The van der Waals surface area contributed by atoms with Crippen LogP contribution in [-0.2, 0) is 16.6 Å². The topological polar surface area (TPSA) is 75.4 Å². The van der Waals surface area contributed by atoms with Crippen molar-refractivity contribution in [3.8, 4) is 0 Å². The lowest BCUT2D eigenvalue weighted by Crippen LogP contribution is -2.27. The Labute approximate surface area is 124 Å². The van der Waals surface area contributed by atoms with Gasteiger partial charge < -0.3 is 5.11 Å². The lowest BCUT2D eigenvalue weighted by atomic mass is 10.1. The highest BCUT2D eigenvalue weighted by Gasteiger charge is 2.24. The molecule has 0 amide bonds. The highest BCUT2D eigenvalue weighted by molar-refractivity contribution is 7.92. The molecular weight excluding hydrogens is 290 g/mol. The summed E-state index contributed by atoms with van der Waals surface area (Å²) in [5.41, 5.74) is 2.61. The van der Waals surface area contributed by atoms with Crippen LogP contribution < -0.4 is 4.31 Å². The molecule has 0 aliphatic carbocycles. The number of nitrogens with zero attached hydrogens (tertiary/aromatic N) is 3. The predicted octanol–water partition coefficient (Wildman–Crippen LogP) is 1.32. The van der Waals surface area contributed by atoms with Crippen LogP contribution in [0.5, 0.6) is 0 Å². The Hall–Kier alpha value is -1.86. The Morgan fingerprint density at radius 3 is 2.67 bits per heavy atom. The molecule has 0 aliphatic rings. The smallest absolute Gasteiger partial charge is 0.267 e. The van der Waals surface area contributed by atoms with Crippen LogP contribution in [0.1, 0.15) is 11.1 Å². The van der Waals surface area contributed by atoms with Gasteiger partial charge in [-0.25, -0.2) is 8.42 Å². The summed E-state index contributed by atoms with van der Waals surface area (Å²) in [6.45, 7) is 4.02. The van der Waals surface area contributed by atoms with Gasteiger partial charge in [0.15, 0.2) is 0 Å². The second-order valence-electron chi connectivity index (χ2n) is 4.93. The molecule has 7 heteroatoms. The normalized spacial score (nSPS) is 11.6. The fraction of sp³-hybridized carbons (Fsp3) is 0.357. The van der Waals surface area contributed by atoms with E-state index in [2.05, 4.69) is 5.10 Å². The van der Waals surface area contributed by atoms with Gasteiger partial charge in [-0.3, -0.25) is 8.99 Å². The maximum Gasteiger partial charge on any atom is 0.267 e. The quantitative estimate of drug-likeness (QED) is 0.904. The number of anilines is 1. The Morgan fingerprint density at radius 1 is 1.33 bits per heavy atom. The molecule has 0 radical (unpaired) electrons. The molecule has 1 heterocycles. The van der Waals surface area contributed by atoms with Gasteiger partial charge >= 0.3 is 0 Å². The SMILES string of the molecule is Cc1ccc(N(C)S(=O)(=O)c2cnn(CCO)c2)c(C)c1. The van der Waals surface area contributed by atoms with Crippen molar-refractivity contribution >= 4 is 15.7 Å². The van der Waals surface area contributed by atoms with Gasteiger partial charge in [-0.1, -0.05) is 17.7 Å². The summed E-state index contributed by atoms with van der Waals surface area (Å²) in [6, 6.07) is 5.61. The molecule has 0 saturated carbocycles. The number of rotatable bonds is 5. The van der Waals surface area contributed by atoms with Gasteiger partial charge in [-0.15, -0.1) is 0 Å². The molecule has 0 atom stereocenters. The van der Waals surface area contributed by atoms with Gasteiger partial charge in [-0.2, -0.15) is 5.10 Å². The van der Waals surface area contributed by atoms with Gasteiger partial charge in [-0.05, 0) is 25.5 Å². The molecule has 0 fully saturated rings. The monoisotopic (exact) mass is 309 g/mol. The van der Waals surface area contributed by atoms with Crippen LogP contribution in [0.15, 0.2) is 35.5 Å².